The van der Waals surface area contributed by atoms with Crippen molar-refractivity contribution in [3.05, 3.63) is 197 Å². The quantitative estimate of drug-likeness (QED) is 0.178. The van der Waals surface area contributed by atoms with Crippen molar-refractivity contribution in [2.75, 3.05) is 4.90 Å². The highest BCUT2D eigenvalue weighted by atomic mass is 16.3. The van der Waals surface area contributed by atoms with Gasteiger partial charge in [0.15, 0.2) is 0 Å². The Bertz CT molecular complexity index is 3240. The molecule has 284 valence electrons. The summed E-state index contributed by atoms with van der Waals surface area (Å²) in [7, 11) is 0. The van der Waals surface area contributed by atoms with Gasteiger partial charge in [0.1, 0.15) is 11.2 Å². The molecule has 1 aromatic heterocycles. The Hall–Kier alpha value is -6.64. The fourth-order valence-corrected chi connectivity index (χ4v) is 11.2. The third-order valence-corrected chi connectivity index (χ3v) is 14.3. The van der Waals surface area contributed by atoms with E-state index in [1.54, 1.807) is 0 Å². The molecule has 0 N–H and O–H groups in total. The summed E-state index contributed by atoms with van der Waals surface area (Å²) in [6, 6.07) is 61.0. The van der Waals surface area contributed by atoms with Crippen LogP contribution in [0.4, 0.5) is 17.1 Å². The number of fused-ring (bicyclic) bond motifs is 13. The summed E-state index contributed by atoms with van der Waals surface area (Å²) < 4.78 is 7.03. The Morgan fingerprint density at radius 3 is 1.58 bits per heavy atom. The van der Waals surface area contributed by atoms with Gasteiger partial charge in [0.2, 0.25) is 0 Å². The van der Waals surface area contributed by atoms with E-state index >= 15 is 0 Å². The van der Waals surface area contributed by atoms with Crippen molar-refractivity contribution >= 4 is 39.0 Å². The second-order valence-electron chi connectivity index (χ2n) is 18.5. The van der Waals surface area contributed by atoms with Gasteiger partial charge in [-0.3, -0.25) is 0 Å². The van der Waals surface area contributed by atoms with Crippen molar-refractivity contribution in [3.63, 3.8) is 0 Å². The lowest BCUT2D eigenvalue weighted by Crippen LogP contribution is -2.17. The van der Waals surface area contributed by atoms with E-state index in [-0.39, 0.29) is 16.2 Å². The van der Waals surface area contributed by atoms with E-state index in [0.717, 1.165) is 39.1 Å². The second kappa shape index (κ2) is 11.7. The molecule has 59 heavy (non-hydrogen) atoms. The number of anilines is 3. The highest BCUT2D eigenvalue weighted by molar-refractivity contribution is 6.14. The van der Waals surface area contributed by atoms with E-state index in [4.69, 9.17) is 4.42 Å². The largest absolute Gasteiger partial charge is 0.455 e. The van der Waals surface area contributed by atoms with Gasteiger partial charge in [0.05, 0.1) is 5.69 Å². The van der Waals surface area contributed by atoms with Crippen LogP contribution < -0.4 is 4.90 Å². The monoisotopic (exact) mass is 759 g/mol. The molecule has 0 unspecified atom stereocenters. The highest BCUT2D eigenvalue weighted by Gasteiger charge is 2.40. The number of hydrogen-bond donors (Lipinski definition) is 0. The number of nitrogens with zero attached hydrogens (tertiary/aromatic N) is 1. The highest BCUT2D eigenvalue weighted by Crippen LogP contribution is 2.57. The molecule has 0 saturated heterocycles. The Morgan fingerprint density at radius 1 is 0.356 bits per heavy atom. The van der Waals surface area contributed by atoms with Gasteiger partial charge in [-0.25, -0.2) is 0 Å². The average Bonchev–Trinajstić information content (AvgIpc) is 3.90. The van der Waals surface area contributed by atoms with Crippen molar-refractivity contribution in [1.29, 1.82) is 0 Å². The van der Waals surface area contributed by atoms with Gasteiger partial charge in [-0.1, -0.05) is 175 Å². The van der Waals surface area contributed by atoms with Crippen LogP contribution in [0.2, 0.25) is 0 Å². The fourth-order valence-electron chi connectivity index (χ4n) is 11.2. The van der Waals surface area contributed by atoms with Crippen LogP contribution in [0.5, 0.6) is 0 Å². The van der Waals surface area contributed by atoms with Gasteiger partial charge in [0, 0.05) is 55.1 Å². The number of rotatable bonds is 4. The molecule has 0 spiro atoms. The van der Waals surface area contributed by atoms with Gasteiger partial charge < -0.3 is 9.32 Å². The normalized spacial score (nSPS) is 15.7. The minimum atomic E-state index is -0.117. The molecule has 0 amide bonds. The van der Waals surface area contributed by atoms with Crippen molar-refractivity contribution in [1.82, 2.24) is 0 Å². The standard InChI is InChI=1S/C57H45NO/c1-55(2)45-21-11-8-16-42(45)51-47(55)23-14-24-50(51)58(36-29-30-39-38-15-7-10-20-44(38)57(5,6)49(39)33-36)35-27-25-34(26-28-35)37-18-13-19-40-41-31-32-48-52(54(41)59-53(37)40)43-17-9-12-22-46(43)56(48,3)4/h7-33H,1-6H3. The molecule has 2 heteroatoms. The number of furan rings is 1. The van der Waals surface area contributed by atoms with E-state index in [1.807, 2.05) is 0 Å². The predicted molar refractivity (Wildman–Crippen MR) is 247 cm³/mol. The summed E-state index contributed by atoms with van der Waals surface area (Å²) >= 11 is 0. The molecule has 2 nitrogen and oxygen atoms in total. The maximum atomic E-state index is 7.03. The van der Waals surface area contributed by atoms with Crippen molar-refractivity contribution in [2.24, 2.45) is 0 Å². The first kappa shape index (κ1) is 34.4. The fraction of sp³-hybridized carbons (Fsp3) is 0.158. The maximum Gasteiger partial charge on any atom is 0.143 e. The zero-order chi connectivity index (χ0) is 40.0. The summed E-state index contributed by atoms with van der Waals surface area (Å²) in [5, 5.41) is 2.31. The number of para-hydroxylation sites is 1. The first-order valence-electron chi connectivity index (χ1n) is 21.0. The SMILES string of the molecule is CC1(C)c2ccccc2-c2ccc(N(c3ccc(-c4cccc5c4oc4c6c(ccc45)C(C)(C)c4ccccc4-6)cc3)c3cccc4c3-c3ccccc3C4(C)C)cc21. The summed E-state index contributed by atoms with van der Waals surface area (Å²) in [5.41, 5.74) is 23.3. The van der Waals surface area contributed by atoms with E-state index < -0.39 is 0 Å². The van der Waals surface area contributed by atoms with Crippen molar-refractivity contribution in [3.8, 4) is 44.5 Å². The average molecular weight is 760 g/mol. The van der Waals surface area contributed by atoms with Gasteiger partial charge in [-0.2, -0.15) is 0 Å². The number of benzene rings is 8. The van der Waals surface area contributed by atoms with Crippen LogP contribution in [0, 0.1) is 0 Å². The smallest absolute Gasteiger partial charge is 0.143 e. The lowest BCUT2D eigenvalue weighted by molar-refractivity contribution is 0.653. The summed E-state index contributed by atoms with van der Waals surface area (Å²) in [6.07, 6.45) is 0. The summed E-state index contributed by atoms with van der Waals surface area (Å²) in [4.78, 5) is 2.49. The van der Waals surface area contributed by atoms with Gasteiger partial charge in [0.25, 0.3) is 0 Å². The summed E-state index contributed by atoms with van der Waals surface area (Å²) in [5.74, 6) is 0. The zero-order valence-electron chi connectivity index (χ0n) is 34.4. The minimum Gasteiger partial charge on any atom is -0.455 e. The van der Waals surface area contributed by atoms with Crippen LogP contribution in [0.1, 0.15) is 74.9 Å². The van der Waals surface area contributed by atoms with Crippen LogP contribution in [-0.4, -0.2) is 0 Å². The molecule has 1 heterocycles. The molecule has 0 fully saturated rings. The van der Waals surface area contributed by atoms with Crippen LogP contribution in [0.3, 0.4) is 0 Å². The van der Waals surface area contributed by atoms with Crippen LogP contribution in [0.25, 0.3) is 66.4 Å². The predicted octanol–water partition coefficient (Wildman–Crippen LogP) is 15.6. The first-order valence-corrected chi connectivity index (χ1v) is 21.0. The molecule has 12 rings (SSSR count). The van der Waals surface area contributed by atoms with Crippen LogP contribution >= 0.6 is 0 Å². The molecule has 3 aliphatic carbocycles. The lowest BCUT2D eigenvalue weighted by atomic mass is 9.82. The Balaban J connectivity index is 1.03. The zero-order valence-corrected chi connectivity index (χ0v) is 34.4. The van der Waals surface area contributed by atoms with E-state index in [9.17, 15) is 0 Å². The van der Waals surface area contributed by atoms with Crippen LogP contribution in [-0.2, 0) is 16.2 Å². The number of hydrogen-bond acceptors (Lipinski definition) is 2. The topological polar surface area (TPSA) is 16.4 Å². The molecule has 0 saturated carbocycles. The Morgan fingerprint density at radius 2 is 0.864 bits per heavy atom. The van der Waals surface area contributed by atoms with E-state index in [0.29, 0.717) is 0 Å². The molecule has 8 aromatic carbocycles. The maximum absolute atomic E-state index is 7.03. The third-order valence-electron chi connectivity index (χ3n) is 14.3. The Labute approximate surface area is 346 Å². The molecule has 9 aromatic rings. The molecular formula is C57H45NO. The van der Waals surface area contributed by atoms with Gasteiger partial charge >= 0.3 is 0 Å². The van der Waals surface area contributed by atoms with Crippen molar-refractivity contribution < 1.29 is 4.42 Å². The van der Waals surface area contributed by atoms with Gasteiger partial charge in [-0.15, -0.1) is 0 Å². The second-order valence-corrected chi connectivity index (χ2v) is 18.5. The van der Waals surface area contributed by atoms with Crippen LogP contribution in [0.15, 0.2) is 168 Å². The molecule has 0 aliphatic heterocycles. The first-order chi connectivity index (χ1) is 28.5. The van der Waals surface area contributed by atoms with E-state index in [1.165, 1.54) is 77.8 Å². The molecule has 0 atom stereocenters. The molecule has 3 aliphatic rings. The third kappa shape index (κ3) is 4.52. The lowest BCUT2D eigenvalue weighted by Gasteiger charge is -2.30. The van der Waals surface area contributed by atoms with E-state index in [2.05, 4.69) is 210 Å². The van der Waals surface area contributed by atoms with Crippen molar-refractivity contribution in [2.45, 2.75) is 57.8 Å². The Kier molecular flexibility index (Phi) is 6.84. The van der Waals surface area contributed by atoms with Gasteiger partial charge in [-0.05, 0) is 91.5 Å². The molecular weight excluding hydrogens is 715 g/mol. The molecule has 0 bridgehead atoms. The molecule has 0 radical (unpaired) electrons. The minimum absolute atomic E-state index is 0.0844. The summed E-state index contributed by atoms with van der Waals surface area (Å²) in [6.45, 7) is 14.1.